The van der Waals surface area contributed by atoms with Gasteiger partial charge in [-0.25, -0.2) is 4.79 Å². The Hall–Kier alpha value is -2.63. The number of rotatable bonds is 6. The zero-order valence-electron chi connectivity index (χ0n) is 17.9. The summed E-state index contributed by atoms with van der Waals surface area (Å²) < 4.78 is 33.5. The summed E-state index contributed by atoms with van der Waals surface area (Å²) in [6.45, 7) is 0.843. The fourth-order valence-electron chi connectivity index (χ4n) is 4.81. The Bertz CT molecular complexity index is 1130. The molecular formula is C21H26N5O5S-. The standard InChI is InChI=1S/C21H26N5O5S/c1-24-11-17(9-22-24)25(10-14-12-31-13-14)32(29,30)26(28)21(27)23-20-18-6-2-4-15(18)8-16-5-3-7-19(16)20/h8-9,11,14H,2-7,10,12-13H2,1H3,(H,23,27)/q-1. The number of urea groups is 1. The second kappa shape index (κ2) is 8.05. The number of nitrogens with one attached hydrogen (secondary N) is 1. The van der Waals surface area contributed by atoms with E-state index in [1.807, 2.05) is 0 Å². The number of hydroxylamine groups is 1. The quantitative estimate of drug-likeness (QED) is 0.660. The van der Waals surface area contributed by atoms with Crippen LogP contribution in [0.4, 0.5) is 16.2 Å². The van der Waals surface area contributed by atoms with Gasteiger partial charge in [0.1, 0.15) is 0 Å². The smallest absolute Gasteiger partial charge is 0.326 e. The maximum absolute atomic E-state index is 13.2. The first-order valence-corrected chi connectivity index (χ1v) is 12.3. The van der Waals surface area contributed by atoms with E-state index in [1.54, 1.807) is 7.05 Å². The molecule has 1 saturated heterocycles. The number of hydrogen-bond acceptors (Lipinski definition) is 6. The Kier molecular flexibility index (Phi) is 5.34. The Balaban J connectivity index is 1.43. The molecule has 2 aliphatic carbocycles. The van der Waals surface area contributed by atoms with E-state index < -0.39 is 20.7 Å². The van der Waals surface area contributed by atoms with Crippen LogP contribution >= 0.6 is 0 Å². The monoisotopic (exact) mass is 460 g/mol. The molecule has 172 valence electrons. The molecule has 2 amide bonds. The molecule has 1 aromatic heterocycles. The van der Waals surface area contributed by atoms with Gasteiger partial charge in [-0.05, 0) is 60.8 Å². The van der Waals surface area contributed by atoms with Crippen molar-refractivity contribution in [1.29, 1.82) is 0 Å². The van der Waals surface area contributed by atoms with Gasteiger partial charge in [-0.15, -0.1) is 0 Å². The second-order valence-corrected chi connectivity index (χ2v) is 10.4. The summed E-state index contributed by atoms with van der Waals surface area (Å²) in [5.41, 5.74) is 5.29. The highest BCUT2D eigenvalue weighted by Gasteiger charge is 2.34. The second-order valence-electron chi connectivity index (χ2n) is 8.71. The Morgan fingerprint density at radius 3 is 2.41 bits per heavy atom. The number of anilines is 2. The van der Waals surface area contributed by atoms with Crippen molar-refractivity contribution in [1.82, 2.24) is 14.2 Å². The van der Waals surface area contributed by atoms with Crippen LogP contribution in [0.1, 0.15) is 35.1 Å². The van der Waals surface area contributed by atoms with Crippen molar-refractivity contribution in [3.63, 3.8) is 0 Å². The fraction of sp³-hybridized carbons (Fsp3) is 0.524. The van der Waals surface area contributed by atoms with Crippen molar-refractivity contribution < 1.29 is 17.9 Å². The molecule has 0 atom stereocenters. The van der Waals surface area contributed by atoms with Gasteiger partial charge >= 0.3 is 16.2 Å². The van der Waals surface area contributed by atoms with Crippen LogP contribution in [0.2, 0.25) is 0 Å². The van der Waals surface area contributed by atoms with Gasteiger partial charge in [0.05, 0.1) is 25.1 Å². The molecule has 3 aliphatic rings. The van der Waals surface area contributed by atoms with Crippen LogP contribution in [0.15, 0.2) is 18.5 Å². The third kappa shape index (κ3) is 3.63. The van der Waals surface area contributed by atoms with Gasteiger partial charge in [0, 0.05) is 31.4 Å². The van der Waals surface area contributed by atoms with E-state index in [0.717, 1.165) is 54.0 Å². The summed E-state index contributed by atoms with van der Waals surface area (Å²) in [4.78, 5) is 12.9. The Morgan fingerprint density at radius 1 is 1.22 bits per heavy atom. The molecule has 10 nitrogen and oxygen atoms in total. The predicted octanol–water partition coefficient (Wildman–Crippen LogP) is 2.13. The van der Waals surface area contributed by atoms with E-state index >= 15 is 0 Å². The van der Waals surface area contributed by atoms with Gasteiger partial charge < -0.3 is 15.3 Å². The highest BCUT2D eigenvalue weighted by Crippen LogP contribution is 2.39. The lowest BCUT2D eigenvalue weighted by Crippen LogP contribution is -2.49. The molecule has 2 aromatic rings. The summed E-state index contributed by atoms with van der Waals surface area (Å²) >= 11 is 0. The lowest BCUT2D eigenvalue weighted by atomic mass is 9.99. The average Bonchev–Trinajstić information content (AvgIpc) is 3.46. The van der Waals surface area contributed by atoms with Gasteiger partial charge in [0.25, 0.3) is 0 Å². The summed E-state index contributed by atoms with van der Waals surface area (Å²) in [6.07, 6.45) is 8.32. The summed E-state index contributed by atoms with van der Waals surface area (Å²) in [7, 11) is -3.02. The van der Waals surface area contributed by atoms with Crippen molar-refractivity contribution in [3.05, 3.63) is 45.9 Å². The van der Waals surface area contributed by atoms with Crippen LogP contribution in [0.5, 0.6) is 0 Å². The normalized spacial score (nSPS) is 17.6. The van der Waals surface area contributed by atoms with Gasteiger partial charge in [0.2, 0.25) is 0 Å². The van der Waals surface area contributed by atoms with Crippen molar-refractivity contribution in [2.45, 2.75) is 38.5 Å². The van der Waals surface area contributed by atoms with E-state index in [9.17, 15) is 18.4 Å². The SMILES string of the molecule is Cn1cc(N(CC2COC2)S(=O)(=O)N([O-])C(=O)Nc2c3c(cc4c2CCC4)CCC3)cn1. The predicted molar refractivity (Wildman–Crippen MR) is 118 cm³/mol. The zero-order valence-corrected chi connectivity index (χ0v) is 18.7. The molecule has 0 bridgehead atoms. The summed E-state index contributed by atoms with van der Waals surface area (Å²) in [5.74, 6) is -0.0536. The van der Waals surface area contributed by atoms with Crippen molar-refractivity contribution in [2.75, 3.05) is 29.4 Å². The van der Waals surface area contributed by atoms with Gasteiger partial charge in [-0.2, -0.15) is 13.5 Å². The number of aromatic nitrogens is 2. The summed E-state index contributed by atoms with van der Waals surface area (Å²) in [5, 5.41) is 19.6. The number of carbonyl (C=O) groups excluding carboxylic acids is 1. The van der Waals surface area contributed by atoms with E-state index in [0.29, 0.717) is 18.9 Å². The zero-order chi connectivity index (χ0) is 22.5. The first-order valence-electron chi connectivity index (χ1n) is 10.9. The molecule has 0 unspecified atom stereocenters. The average molecular weight is 461 g/mol. The number of aryl methyl sites for hydroxylation is 3. The molecule has 0 spiro atoms. The van der Waals surface area contributed by atoms with Gasteiger partial charge in [-0.3, -0.25) is 13.5 Å². The molecule has 1 aliphatic heterocycles. The topological polar surface area (TPSA) is 120 Å². The van der Waals surface area contributed by atoms with E-state index in [-0.39, 0.29) is 18.2 Å². The molecule has 1 aromatic carbocycles. The number of hydrogen-bond donors (Lipinski definition) is 1. The molecule has 1 N–H and O–H groups in total. The highest BCUT2D eigenvalue weighted by molar-refractivity contribution is 7.91. The van der Waals surface area contributed by atoms with Crippen LogP contribution in [0, 0.1) is 11.1 Å². The van der Waals surface area contributed by atoms with Crippen molar-refractivity contribution in [2.24, 2.45) is 13.0 Å². The van der Waals surface area contributed by atoms with Crippen molar-refractivity contribution >= 4 is 27.6 Å². The molecule has 2 heterocycles. The van der Waals surface area contributed by atoms with E-state index in [4.69, 9.17) is 4.74 Å². The van der Waals surface area contributed by atoms with Gasteiger partial charge in [0.15, 0.2) is 0 Å². The maximum atomic E-state index is 13.2. The van der Waals surface area contributed by atoms with Crippen LogP contribution in [0.25, 0.3) is 0 Å². The number of carbonyl (C=O) groups is 1. The Morgan fingerprint density at radius 2 is 1.88 bits per heavy atom. The lowest BCUT2D eigenvalue weighted by molar-refractivity contribution is -0.0263. The van der Waals surface area contributed by atoms with Crippen LogP contribution in [-0.2, 0) is 47.7 Å². The third-order valence-corrected chi connectivity index (χ3v) is 7.97. The number of fused-ring (bicyclic) bond motifs is 2. The number of amides is 2. The molecular weight excluding hydrogens is 434 g/mol. The minimum atomic E-state index is -4.67. The maximum Gasteiger partial charge on any atom is 0.326 e. The van der Waals surface area contributed by atoms with Crippen LogP contribution in [0.3, 0.4) is 0 Å². The minimum Gasteiger partial charge on any atom is -0.740 e. The molecule has 0 radical (unpaired) electrons. The van der Waals surface area contributed by atoms with E-state index in [1.165, 1.54) is 28.2 Å². The summed E-state index contributed by atoms with van der Waals surface area (Å²) in [6, 6.07) is 1.01. The van der Waals surface area contributed by atoms with Crippen molar-refractivity contribution in [3.8, 4) is 0 Å². The molecule has 32 heavy (non-hydrogen) atoms. The molecule has 1 fully saturated rings. The molecule has 0 saturated carbocycles. The first-order chi connectivity index (χ1) is 15.3. The van der Waals surface area contributed by atoms with Gasteiger partial charge in [-0.1, -0.05) is 6.07 Å². The highest BCUT2D eigenvalue weighted by atomic mass is 32.2. The Labute approximate surface area is 186 Å². The number of benzene rings is 1. The number of nitrogens with zero attached hydrogens (tertiary/aromatic N) is 4. The minimum absolute atomic E-state index is 0.0379. The molecule has 11 heteroatoms. The van der Waals surface area contributed by atoms with Crippen LogP contribution in [-0.4, -0.2) is 48.5 Å². The number of ether oxygens (including phenoxy) is 1. The fourth-order valence-corrected chi connectivity index (χ4v) is 6.00. The third-order valence-electron chi connectivity index (χ3n) is 6.47. The van der Waals surface area contributed by atoms with E-state index in [2.05, 4.69) is 16.5 Å². The lowest BCUT2D eigenvalue weighted by Gasteiger charge is -2.37. The molecule has 5 rings (SSSR count). The first kappa shape index (κ1) is 21.2. The largest absolute Gasteiger partial charge is 0.740 e. The van der Waals surface area contributed by atoms with Crippen LogP contribution < -0.4 is 9.62 Å².